The van der Waals surface area contributed by atoms with Crippen molar-refractivity contribution in [2.45, 2.75) is 25.8 Å². The number of hydrogen-bond donors (Lipinski definition) is 1. The Kier molecular flexibility index (Phi) is 7.69. The summed E-state index contributed by atoms with van der Waals surface area (Å²) in [5.74, 6) is 0.943. The van der Waals surface area contributed by atoms with E-state index >= 15 is 0 Å². The Labute approximate surface area is 155 Å². The molecule has 1 atom stereocenters. The first-order valence-corrected chi connectivity index (χ1v) is 9.37. The third-order valence-corrected chi connectivity index (χ3v) is 4.42. The van der Waals surface area contributed by atoms with Gasteiger partial charge in [0.25, 0.3) is 0 Å². The SMILES string of the molecule is Cc1ccc(N(CCCl)OCCCl)cc1C[C@@H](N)CC1=CN(C)C1. The molecule has 0 fully saturated rings. The predicted molar refractivity (Wildman–Crippen MR) is 103 cm³/mol. The molecule has 0 bridgehead atoms. The minimum absolute atomic E-state index is 0.129. The topological polar surface area (TPSA) is 41.7 Å². The van der Waals surface area contributed by atoms with E-state index in [0.717, 1.165) is 25.1 Å². The minimum atomic E-state index is 0.129. The summed E-state index contributed by atoms with van der Waals surface area (Å²) in [6.45, 7) is 4.23. The fraction of sp³-hybridized carbons (Fsp3) is 0.556. The Hall–Kier alpha value is -0.940. The lowest BCUT2D eigenvalue weighted by Crippen LogP contribution is -2.32. The second kappa shape index (κ2) is 9.52. The van der Waals surface area contributed by atoms with Gasteiger partial charge in [0.2, 0.25) is 0 Å². The summed E-state index contributed by atoms with van der Waals surface area (Å²) in [5.41, 5.74) is 11.3. The molecular weight excluding hydrogens is 345 g/mol. The van der Waals surface area contributed by atoms with Crippen LogP contribution in [0, 0.1) is 6.92 Å². The van der Waals surface area contributed by atoms with E-state index < -0.39 is 0 Å². The van der Waals surface area contributed by atoms with Gasteiger partial charge in [-0.1, -0.05) is 6.07 Å². The van der Waals surface area contributed by atoms with E-state index in [2.05, 4.69) is 43.3 Å². The Morgan fingerprint density at radius 3 is 2.67 bits per heavy atom. The van der Waals surface area contributed by atoms with Crippen molar-refractivity contribution in [3.05, 3.63) is 41.1 Å². The van der Waals surface area contributed by atoms with E-state index in [-0.39, 0.29) is 6.04 Å². The molecule has 0 aliphatic carbocycles. The fourth-order valence-corrected chi connectivity index (χ4v) is 3.16. The largest absolute Gasteiger partial charge is 0.376 e. The second-order valence-electron chi connectivity index (χ2n) is 6.29. The maximum Gasteiger partial charge on any atom is 0.0884 e. The summed E-state index contributed by atoms with van der Waals surface area (Å²) in [4.78, 5) is 7.86. The van der Waals surface area contributed by atoms with Gasteiger partial charge in [0.15, 0.2) is 0 Å². The Bertz CT molecular complexity index is 565. The molecule has 0 spiro atoms. The van der Waals surface area contributed by atoms with Gasteiger partial charge in [0.1, 0.15) is 0 Å². The highest BCUT2D eigenvalue weighted by molar-refractivity contribution is 6.18. The third-order valence-electron chi connectivity index (χ3n) is 4.09. The van der Waals surface area contributed by atoms with Crippen LogP contribution in [0.2, 0.25) is 0 Å². The zero-order valence-electron chi connectivity index (χ0n) is 14.5. The molecule has 134 valence electrons. The van der Waals surface area contributed by atoms with Gasteiger partial charge in [-0.3, -0.25) is 9.90 Å². The molecule has 1 aromatic carbocycles. The van der Waals surface area contributed by atoms with Crippen molar-refractivity contribution in [1.29, 1.82) is 0 Å². The minimum Gasteiger partial charge on any atom is -0.376 e. The molecule has 4 nitrogen and oxygen atoms in total. The molecular formula is C18H27Cl2N3O. The van der Waals surface area contributed by atoms with Crippen LogP contribution >= 0.6 is 23.2 Å². The number of nitrogens with zero attached hydrogens (tertiary/aromatic N) is 2. The Morgan fingerprint density at radius 2 is 2.04 bits per heavy atom. The molecule has 1 aliphatic heterocycles. The van der Waals surface area contributed by atoms with Crippen LogP contribution in [0.5, 0.6) is 0 Å². The van der Waals surface area contributed by atoms with E-state index in [9.17, 15) is 0 Å². The molecule has 2 rings (SSSR count). The number of halogens is 2. The predicted octanol–water partition coefficient (Wildman–Crippen LogP) is 3.30. The van der Waals surface area contributed by atoms with E-state index in [4.69, 9.17) is 33.8 Å². The highest BCUT2D eigenvalue weighted by Crippen LogP contribution is 2.23. The maximum atomic E-state index is 6.35. The molecule has 0 saturated heterocycles. The number of benzene rings is 1. The molecule has 0 unspecified atom stereocenters. The van der Waals surface area contributed by atoms with Gasteiger partial charge in [-0.05, 0) is 48.6 Å². The van der Waals surface area contributed by atoms with Crippen molar-refractivity contribution in [2.75, 3.05) is 43.6 Å². The van der Waals surface area contributed by atoms with Crippen molar-refractivity contribution in [2.24, 2.45) is 5.73 Å². The molecule has 0 amide bonds. The molecule has 0 aromatic heterocycles. The average molecular weight is 372 g/mol. The second-order valence-corrected chi connectivity index (χ2v) is 7.05. The fourth-order valence-electron chi connectivity index (χ4n) is 2.94. The van der Waals surface area contributed by atoms with Gasteiger partial charge in [-0.25, -0.2) is 0 Å². The van der Waals surface area contributed by atoms with E-state index in [0.29, 0.717) is 24.9 Å². The van der Waals surface area contributed by atoms with Crippen molar-refractivity contribution in [3.8, 4) is 0 Å². The number of hydroxylamine groups is 1. The standard InChI is InChI=1S/C18H27Cl2N3O/c1-14-3-4-18(23(7-5-19)24-8-6-20)11-16(14)10-17(21)9-15-12-22(2)13-15/h3-4,11-12,17H,5-10,13,21H2,1-2H3/t17-/m0/s1. The van der Waals surface area contributed by atoms with Crippen LogP contribution in [0.3, 0.4) is 0 Å². The zero-order valence-corrected chi connectivity index (χ0v) is 16.0. The lowest BCUT2D eigenvalue weighted by Gasteiger charge is -2.29. The Morgan fingerprint density at radius 1 is 1.29 bits per heavy atom. The van der Waals surface area contributed by atoms with Crippen LogP contribution in [0.1, 0.15) is 17.5 Å². The maximum absolute atomic E-state index is 6.35. The Balaban J connectivity index is 2.04. The van der Waals surface area contributed by atoms with Crippen LogP contribution in [0.15, 0.2) is 30.0 Å². The highest BCUT2D eigenvalue weighted by Gasteiger charge is 2.16. The molecule has 2 N–H and O–H groups in total. The number of anilines is 1. The van der Waals surface area contributed by atoms with Crippen LogP contribution in [-0.4, -0.2) is 49.4 Å². The molecule has 6 heteroatoms. The number of rotatable bonds is 10. The monoisotopic (exact) mass is 371 g/mol. The van der Waals surface area contributed by atoms with Crippen LogP contribution < -0.4 is 10.8 Å². The summed E-state index contributed by atoms with van der Waals surface area (Å²) < 4.78 is 0. The zero-order chi connectivity index (χ0) is 17.5. The highest BCUT2D eigenvalue weighted by atomic mass is 35.5. The normalized spacial score (nSPS) is 15.0. The van der Waals surface area contributed by atoms with Crippen LogP contribution in [-0.2, 0) is 11.3 Å². The van der Waals surface area contributed by atoms with Gasteiger partial charge < -0.3 is 10.6 Å². The number of hydrogen-bond acceptors (Lipinski definition) is 4. The third kappa shape index (κ3) is 5.55. The first-order chi connectivity index (χ1) is 11.5. The van der Waals surface area contributed by atoms with E-state index in [1.54, 1.807) is 0 Å². The summed E-state index contributed by atoms with van der Waals surface area (Å²) in [5, 5.41) is 1.81. The van der Waals surface area contributed by atoms with Crippen molar-refractivity contribution >= 4 is 28.9 Å². The molecule has 1 aliphatic rings. The smallest absolute Gasteiger partial charge is 0.0884 e. The van der Waals surface area contributed by atoms with Gasteiger partial charge in [0, 0.05) is 37.6 Å². The molecule has 1 aromatic rings. The van der Waals surface area contributed by atoms with Crippen molar-refractivity contribution in [3.63, 3.8) is 0 Å². The number of nitrogens with two attached hydrogens (primary N) is 1. The number of likely N-dealkylation sites (N-methyl/N-ethyl adjacent to an activating group) is 1. The van der Waals surface area contributed by atoms with Gasteiger partial charge >= 0.3 is 0 Å². The van der Waals surface area contributed by atoms with Crippen molar-refractivity contribution in [1.82, 2.24) is 4.90 Å². The van der Waals surface area contributed by atoms with Gasteiger partial charge in [-0.15, -0.1) is 23.2 Å². The summed E-state index contributed by atoms with van der Waals surface area (Å²) in [6, 6.07) is 6.44. The first-order valence-electron chi connectivity index (χ1n) is 8.30. The number of alkyl halides is 2. The molecule has 24 heavy (non-hydrogen) atoms. The first kappa shape index (κ1) is 19.4. The summed E-state index contributed by atoms with van der Waals surface area (Å²) in [7, 11) is 2.08. The molecule has 0 saturated carbocycles. The number of aryl methyl sites for hydroxylation is 1. The van der Waals surface area contributed by atoms with E-state index in [1.807, 2.05) is 5.06 Å². The average Bonchev–Trinajstić information content (AvgIpc) is 2.52. The van der Waals surface area contributed by atoms with Crippen LogP contribution in [0.25, 0.3) is 0 Å². The summed E-state index contributed by atoms with van der Waals surface area (Å²) in [6.07, 6.45) is 3.97. The lowest BCUT2D eigenvalue weighted by molar-refractivity contribution is 0.125. The summed E-state index contributed by atoms with van der Waals surface area (Å²) >= 11 is 11.6. The van der Waals surface area contributed by atoms with E-state index in [1.165, 1.54) is 16.7 Å². The van der Waals surface area contributed by atoms with Crippen LogP contribution in [0.4, 0.5) is 5.69 Å². The molecule has 0 radical (unpaired) electrons. The van der Waals surface area contributed by atoms with Crippen molar-refractivity contribution < 1.29 is 4.84 Å². The molecule has 1 heterocycles. The lowest BCUT2D eigenvalue weighted by atomic mass is 9.95. The quantitative estimate of drug-likeness (QED) is 0.506. The van der Waals surface area contributed by atoms with Gasteiger partial charge in [0.05, 0.1) is 18.8 Å². The van der Waals surface area contributed by atoms with Gasteiger partial charge in [-0.2, -0.15) is 0 Å².